The molecular formula is C22H17ClI2N2O4. The number of ether oxygens (including phenoxy) is 2. The molecule has 2 N–H and O–H groups in total. The minimum absolute atomic E-state index is 0.174. The Morgan fingerprint density at radius 1 is 0.742 bits per heavy atom. The molecule has 31 heavy (non-hydrogen) atoms. The fraction of sp³-hybridized carbons (Fsp3) is 0.0909. The number of benzene rings is 3. The number of nitrogens with one attached hydrogen (secondary N) is 2. The van der Waals surface area contributed by atoms with E-state index in [9.17, 15) is 9.59 Å². The molecule has 3 aromatic carbocycles. The van der Waals surface area contributed by atoms with Crippen LogP contribution in [0.15, 0.2) is 66.7 Å². The summed E-state index contributed by atoms with van der Waals surface area (Å²) < 4.78 is 13.1. The van der Waals surface area contributed by atoms with Crippen molar-refractivity contribution in [2.24, 2.45) is 0 Å². The maximum atomic E-state index is 12.3. The first-order valence-corrected chi connectivity index (χ1v) is 11.6. The summed E-state index contributed by atoms with van der Waals surface area (Å²) in [5, 5.41) is 5.86. The van der Waals surface area contributed by atoms with Crippen LogP contribution in [0.25, 0.3) is 0 Å². The maximum absolute atomic E-state index is 12.3. The summed E-state index contributed by atoms with van der Waals surface area (Å²) in [6.07, 6.45) is 0. The number of hydrogen-bond acceptors (Lipinski definition) is 4. The Morgan fingerprint density at radius 2 is 1.39 bits per heavy atom. The molecule has 0 aliphatic rings. The summed E-state index contributed by atoms with van der Waals surface area (Å²) in [6, 6.07) is 19.5. The Morgan fingerprint density at radius 3 is 2.06 bits per heavy atom. The predicted molar refractivity (Wildman–Crippen MR) is 138 cm³/mol. The third-order valence-corrected chi connectivity index (χ3v) is 5.50. The van der Waals surface area contributed by atoms with Crippen LogP contribution in [-0.2, 0) is 9.59 Å². The van der Waals surface area contributed by atoms with Gasteiger partial charge in [0.1, 0.15) is 11.5 Å². The van der Waals surface area contributed by atoms with Crippen molar-refractivity contribution in [3.05, 3.63) is 78.9 Å². The third kappa shape index (κ3) is 7.86. The van der Waals surface area contributed by atoms with E-state index in [0.717, 1.165) is 7.14 Å². The summed E-state index contributed by atoms with van der Waals surface area (Å²) in [5.41, 5.74) is 0.773. The van der Waals surface area contributed by atoms with Gasteiger partial charge in [-0.05, 0) is 106 Å². The number of carbonyl (C=O) groups excluding carboxylic acids is 2. The van der Waals surface area contributed by atoms with E-state index in [0.29, 0.717) is 27.9 Å². The lowest BCUT2D eigenvalue weighted by atomic mass is 10.2. The van der Waals surface area contributed by atoms with Crippen LogP contribution in [0.3, 0.4) is 0 Å². The molecule has 3 rings (SSSR count). The van der Waals surface area contributed by atoms with Gasteiger partial charge in [-0.25, -0.2) is 0 Å². The molecular weight excluding hydrogens is 646 g/mol. The monoisotopic (exact) mass is 662 g/mol. The van der Waals surface area contributed by atoms with Gasteiger partial charge in [-0.15, -0.1) is 0 Å². The Labute approximate surface area is 211 Å². The largest absolute Gasteiger partial charge is 0.484 e. The molecule has 0 radical (unpaired) electrons. The molecule has 0 heterocycles. The van der Waals surface area contributed by atoms with Crippen LogP contribution < -0.4 is 20.1 Å². The van der Waals surface area contributed by atoms with Crippen LogP contribution in [0, 0.1) is 7.14 Å². The Kier molecular flexibility index (Phi) is 8.79. The maximum Gasteiger partial charge on any atom is 0.262 e. The molecule has 160 valence electrons. The molecule has 0 unspecified atom stereocenters. The zero-order valence-electron chi connectivity index (χ0n) is 16.0. The molecule has 0 aromatic heterocycles. The molecule has 0 aliphatic carbocycles. The summed E-state index contributed by atoms with van der Waals surface area (Å²) in [5.74, 6) is 0.431. The van der Waals surface area contributed by atoms with Crippen molar-refractivity contribution >= 4 is 80.0 Å². The van der Waals surface area contributed by atoms with E-state index < -0.39 is 0 Å². The molecule has 0 saturated heterocycles. The molecule has 0 atom stereocenters. The number of hydrogen-bond donors (Lipinski definition) is 2. The van der Waals surface area contributed by atoms with Crippen LogP contribution >= 0.6 is 56.8 Å². The van der Waals surface area contributed by atoms with Gasteiger partial charge < -0.3 is 20.1 Å². The van der Waals surface area contributed by atoms with Gasteiger partial charge in [0.2, 0.25) is 0 Å². The minimum Gasteiger partial charge on any atom is -0.484 e. The highest BCUT2D eigenvalue weighted by Gasteiger charge is 2.12. The van der Waals surface area contributed by atoms with E-state index in [-0.39, 0.29) is 25.0 Å². The van der Waals surface area contributed by atoms with Gasteiger partial charge in [0.25, 0.3) is 11.8 Å². The van der Waals surface area contributed by atoms with E-state index in [1.54, 1.807) is 36.4 Å². The number of carbonyl (C=O) groups is 2. The standard InChI is InChI=1S/C22H17ClI2N2O4/c23-14-4-9-19(26-21(28)12-30-17-7-5-15(24)6-8-17)20(10-14)27-22(29)13-31-18-3-1-2-16(25)11-18/h1-11H,12-13H2,(H,26,28)(H,27,29). The van der Waals surface area contributed by atoms with Crippen LogP contribution in [-0.4, -0.2) is 25.0 Å². The number of halogens is 3. The van der Waals surface area contributed by atoms with E-state index in [4.69, 9.17) is 21.1 Å². The molecule has 0 aliphatic heterocycles. The van der Waals surface area contributed by atoms with E-state index in [2.05, 4.69) is 55.8 Å². The van der Waals surface area contributed by atoms with Crippen LogP contribution in [0.4, 0.5) is 11.4 Å². The van der Waals surface area contributed by atoms with Crippen molar-refractivity contribution in [3.8, 4) is 11.5 Å². The van der Waals surface area contributed by atoms with Crippen molar-refractivity contribution in [1.82, 2.24) is 0 Å². The van der Waals surface area contributed by atoms with Gasteiger partial charge in [0.05, 0.1) is 11.4 Å². The molecule has 0 saturated carbocycles. The second kappa shape index (κ2) is 11.5. The Hall–Kier alpha value is -2.05. The average Bonchev–Trinajstić information content (AvgIpc) is 2.74. The van der Waals surface area contributed by atoms with Gasteiger partial charge in [0.15, 0.2) is 13.2 Å². The summed E-state index contributed by atoms with van der Waals surface area (Å²) in [4.78, 5) is 24.6. The highest BCUT2D eigenvalue weighted by atomic mass is 127. The fourth-order valence-electron chi connectivity index (χ4n) is 2.49. The van der Waals surface area contributed by atoms with Crippen molar-refractivity contribution in [3.63, 3.8) is 0 Å². The molecule has 9 heteroatoms. The van der Waals surface area contributed by atoms with Crippen LogP contribution in [0.2, 0.25) is 5.02 Å². The topological polar surface area (TPSA) is 76.7 Å². The average molecular weight is 663 g/mol. The molecule has 2 amide bonds. The summed E-state index contributed by atoms with van der Waals surface area (Å²) >= 11 is 10.4. The van der Waals surface area contributed by atoms with Gasteiger partial charge >= 0.3 is 0 Å². The zero-order chi connectivity index (χ0) is 22.2. The van der Waals surface area contributed by atoms with Gasteiger partial charge in [-0.1, -0.05) is 17.7 Å². The highest BCUT2D eigenvalue weighted by Crippen LogP contribution is 2.26. The molecule has 6 nitrogen and oxygen atoms in total. The molecule has 0 bridgehead atoms. The lowest BCUT2D eigenvalue weighted by molar-refractivity contribution is -0.119. The first-order valence-electron chi connectivity index (χ1n) is 9.05. The molecule has 0 fully saturated rings. The quantitative estimate of drug-likeness (QED) is 0.309. The second-order valence-electron chi connectivity index (χ2n) is 6.27. The zero-order valence-corrected chi connectivity index (χ0v) is 21.1. The number of rotatable bonds is 8. The van der Waals surface area contributed by atoms with Gasteiger partial charge in [-0.2, -0.15) is 0 Å². The molecule has 0 spiro atoms. The van der Waals surface area contributed by atoms with Crippen LogP contribution in [0.5, 0.6) is 11.5 Å². The highest BCUT2D eigenvalue weighted by molar-refractivity contribution is 14.1. The lowest BCUT2D eigenvalue weighted by Crippen LogP contribution is -2.23. The van der Waals surface area contributed by atoms with Crippen molar-refractivity contribution < 1.29 is 19.1 Å². The second-order valence-corrected chi connectivity index (χ2v) is 9.20. The van der Waals surface area contributed by atoms with Crippen molar-refractivity contribution in [2.45, 2.75) is 0 Å². The minimum atomic E-state index is -0.383. The van der Waals surface area contributed by atoms with E-state index in [1.165, 1.54) is 0 Å². The number of anilines is 2. The summed E-state index contributed by atoms with van der Waals surface area (Å²) in [7, 11) is 0. The van der Waals surface area contributed by atoms with Crippen molar-refractivity contribution in [2.75, 3.05) is 23.8 Å². The SMILES string of the molecule is O=C(COc1ccc(I)cc1)Nc1ccc(Cl)cc1NC(=O)COc1cccc(I)c1. The summed E-state index contributed by atoms with van der Waals surface area (Å²) in [6.45, 7) is -0.359. The Bertz CT molecular complexity index is 1080. The van der Waals surface area contributed by atoms with Crippen LogP contribution in [0.1, 0.15) is 0 Å². The van der Waals surface area contributed by atoms with Gasteiger partial charge in [-0.3, -0.25) is 9.59 Å². The first-order chi connectivity index (χ1) is 14.9. The van der Waals surface area contributed by atoms with Crippen molar-refractivity contribution in [1.29, 1.82) is 0 Å². The smallest absolute Gasteiger partial charge is 0.262 e. The predicted octanol–water partition coefficient (Wildman–Crippen LogP) is 5.58. The third-order valence-electron chi connectivity index (χ3n) is 3.88. The van der Waals surface area contributed by atoms with E-state index in [1.807, 2.05) is 30.3 Å². The normalized spacial score (nSPS) is 10.3. The van der Waals surface area contributed by atoms with E-state index >= 15 is 0 Å². The Balaban J connectivity index is 1.58. The van der Waals surface area contributed by atoms with Gasteiger partial charge in [0, 0.05) is 12.2 Å². The lowest BCUT2D eigenvalue weighted by Gasteiger charge is -2.14. The number of amides is 2. The first kappa shape index (κ1) is 23.6. The molecule has 3 aromatic rings. The fourth-order valence-corrected chi connectivity index (χ4v) is 3.53.